The van der Waals surface area contributed by atoms with Crippen LogP contribution in [0.3, 0.4) is 0 Å². The van der Waals surface area contributed by atoms with Gasteiger partial charge in [-0.1, -0.05) is 24.6 Å². The summed E-state index contributed by atoms with van der Waals surface area (Å²) in [6, 6.07) is 8.34. The minimum Gasteiger partial charge on any atom is -0.396 e. The van der Waals surface area contributed by atoms with E-state index in [4.69, 9.17) is 16.7 Å². The molecule has 0 radical (unpaired) electrons. The molecule has 0 saturated carbocycles. The minimum atomic E-state index is 0. The average Bonchev–Trinajstić information content (AvgIpc) is 3.01. The van der Waals surface area contributed by atoms with Crippen molar-refractivity contribution in [2.24, 2.45) is 10.9 Å². The second-order valence-corrected chi connectivity index (χ2v) is 6.50. The molecule has 24 heavy (non-hydrogen) atoms. The van der Waals surface area contributed by atoms with Crippen molar-refractivity contribution in [1.29, 1.82) is 0 Å². The van der Waals surface area contributed by atoms with Crippen molar-refractivity contribution in [3.05, 3.63) is 29.3 Å². The van der Waals surface area contributed by atoms with E-state index in [2.05, 4.69) is 33.5 Å². The van der Waals surface area contributed by atoms with Gasteiger partial charge in [-0.2, -0.15) is 0 Å². The molecule has 1 aromatic carbocycles. The number of aliphatic imine (C=N–C) groups is 1. The summed E-state index contributed by atoms with van der Waals surface area (Å²) in [7, 11) is 0. The molecular weight excluding hydrogens is 439 g/mol. The zero-order chi connectivity index (χ0) is 16.7. The fourth-order valence-electron chi connectivity index (χ4n) is 2.60. The third-order valence-corrected chi connectivity index (χ3v) is 4.15. The van der Waals surface area contributed by atoms with Crippen LogP contribution >= 0.6 is 35.6 Å². The third-order valence-electron chi connectivity index (χ3n) is 3.92. The molecule has 1 fully saturated rings. The van der Waals surface area contributed by atoms with Crippen molar-refractivity contribution < 1.29 is 5.11 Å². The maximum absolute atomic E-state index is 9.12. The number of halogens is 2. The highest BCUT2D eigenvalue weighted by molar-refractivity contribution is 14.0. The maximum atomic E-state index is 9.12. The van der Waals surface area contributed by atoms with Gasteiger partial charge in [0.05, 0.1) is 0 Å². The SMILES string of the molecule is CCNC(=NCC(C)CO)NC1CCN(c2cccc(Cl)c2)C1.I. The molecule has 0 bridgehead atoms. The normalized spacial score (nSPS) is 18.9. The van der Waals surface area contributed by atoms with E-state index in [9.17, 15) is 0 Å². The van der Waals surface area contributed by atoms with Crippen molar-refractivity contribution in [2.45, 2.75) is 26.3 Å². The van der Waals surface area contributed by atoms with Crippen LogP contribution in [0.25, 0.3) is 0 Å². The Morgan fingerprint density at radius 3 is 2.96 bits per heavy atom. The molecule has 1 aliphatic rings. The lowest BCUT2D eigenvalue weighted by Crippen LogP contribution is -2.44. The zero-order valence-electron chi connectivity index (χ0n) is 14.3. The quantitative estimate of drug-likeness (QED) is 0.343. The number of guanidine groups is 1. The number of hydrogen-bond acceptors (Lipinski definition) is 3. The summed E-state index contributed by atoms with van der Waals surface area (Å²) >= 11 is 6.08. The standard InChI is InChI=1S/C17H27ClN4O.HI/c1-3-19-17(20-10-13(2)12-23)21-15-7-8-22(11-15)16-6-4-5-14(18)9-16;/h4-6,9,13,15,23H,3,7-8,10-12H2,1-2H3,(H2,19,20,21);1H. The second kappa shape index (κ2) is 11.0. The molecule has 7 heteroatoms. The van der Waals surface area contributed by atoms with E-state index in [0.717, 1.165) is 42.7 Å². The Morgan fingerprint density at radius 1 is 1.50 bits per heavy atom. The van der Waals surface area contributed by atoms with Crippen LogP contribution in [0.15, 0.2) is 29.3 Å². The molecule has 1 saturated heterocycles. The second-order valence-electron chi connectivity index (χ2n) is 6.06. The van der Waals surface area contributed by atoms with Crippen molar-refractivity contribution >= 4 is 47.2 Å². The van der Waals surface area contributed by atoms with Crippen molar-refractivity contribution in [2.75, 3.05) is 37.7 Å². The van der Waals surface area contributed by atoms with Gasteiger partial charge in [-0.05, 0) is 37.5 Å². The van der Waals surface area contributed by atoms with Gasteiger partial charge < -0.3 is 20.6 Å². The first kappa shape index (κ1) is 21.3. The molecule has 5 nitrogen and oxygen atoms in total. The molecule has 0 amide bonds. The Hall–Kier alpha value is -0.730. The van der Waals surface area contributed by atoms with Crippen molar-refractivity contribution in [3.8, 4) is 0 Å². The van der Waals surface area contributed by atoms with Crippen molar-refractivity contribution in [1.82, 2.24) is 10.6 Å². The van der Waals surface area contributed by atoms with Gasteiger partial charge >= 0.3 is 0 Å². The lowest BCUT2D eigenvalue weighted by atomic mass is 10.2. The highest BCUT2D eigenvalue weighted by Gasteiger charge is 2.23. The summed E-state index contributed by atoms with van der Waals surface area (Å²) in [6.45, 7) is 7.59. The number of nitrogens with zero attached hydrogens (tertiary/aromatic N) is 2. The Kier molecular flexibility index (Phi) is 9.76. The predicted octanol–water partition coefficient (Wildman–Crippen LogP) is 2.72. The first-order chi connectivity index (χ1) is 11.1. The Labute approximate surface area is 166 Å². The van der Waals surface area contributed by atoms with Crippen LogP contribution in [0, 0.1) is 5.92 Å². The average molecular weight is 467 g/mol. The molecule has 0 spiro atoms. The summed E-state index contributed by atoms with van der Waals surface area (Å²) in [6.07, 6.45) is 1.06. The third kappa shape index (κ3) is 6.64. The van der Waals surface area contributed by atoms with E-state index in [1.165, 1.54) is 0 Å². The molecule has 1 aliphatic heterocycles. The fraction of sp³-hybridized carbons (Fsp3) is 0.588. The molecule has 0 aliphatic carbocycles. The summed E-state index contributed by atoms with van der Waals surface area (Å²) in [5.74, 6) is 1.00. The number of benzene rings is 1. The Balaban J connectivity index is 0.00000288. The summed E-state index contributed by atoms with van der Waals surface area (Å²) < 4.78 is 0. The summed E-state index contributed by atoms with van der Waals surface area (Å²) in [4.78, 5) is 6.89. The molecule has 136 valence electrons. The van der Waals surface area contributed by atoms with Gasteiger partial charge in [0.15, 0.2) is 5.96 Å². The Bertz CT molecular complexity index is 529. The fourth-order valence-corrected chi connectivity index (χ4v) is 2.79. The lowest BCUT2D eigenvalue weighted by molar-refractivity contribution is 0.241. The van der Waals surface area contributed by atoms with Crippen LogP contribution in [0.2, 0.25) is 5.02 Å². The van der Waals surface area contributed by atoms with Crippen molar-refractivity contribution in [3.63, 3.8) is 0 Å². The van der Waals surface area contributed by atoms with E-state index in [1.54, 1.807) is 0 Å². The Morgan fingerprint density at radius 2 is 2.29 bits per heavy atom. The maximum Gasteiger partial charge on any atom is 0.191 e. The smallest absolute Gasteiger partial charge is 0.191 e. The zero-order valence-corrected chi connectivity index (χ0v) is 17.4. The monoisotopic (exact) mass is 466 g/mol. The van der Waals surface area contributed by atoms with Gasteiger partial charge in [-0.15, -0.1) is 24.0 Å². The van der Waals surface area contributed by atoms with Gasteiger partial charge in [0, 0.05) is 49.5 Å². The van der Waals surface area contributed by atoms with Crippen LogP contribution in [-0.2, 0) is 0 Å². The van der Waals surface area contributed by atoms with Crippen LogP contribution in [0.1, 0.15) is 20.3 Å². The number of aliphatic hydroxyl groups is 1. The highest BCUT2D eigenvalue weighted by atomic mass is 127. The number of aliphatic hydroxyl groups excluding tert-OH is 1. The summed E-state index contributed by atoms with van der Waals surface area (Å²) in [5.41, 5.74) is 1.16. The minimum absolute atomic E-state index is 0. The first-order valence-electron chi connectivity index (χ1n) is 8.28. The molecule has 2 unspecified atom stereocenters. The van der Waals surface area contributed by atoms with Gasteiger partial charge in [0.2, 0.25) is 0 Å². The van der Waals surface area contributed by atoms with Crippen LogP contribution in [0.5, 0.6) is 0 Å². The number of rotatable bonds is 6. The van der Waals surface area contributed by atoms with Crippen LogP contribution in [-0.4, -0.2) is 49.9 Å². The number of anilines is 1. The van der Waals surface area contributed by atoms with Gasteiger partial charge in [0.1, 0.15) is 0 Å². The van der Waals surface area contributed by atoms with E-state index < -0.39 is 0 Å². The molecular formula is C17H28ClIN4O. The van der Waals surface area contributed by atoms with Crippen LogP contribution in [0.4, 0.5) is 5.69 Å². The van der Waals surface area contributed by atoms with Gasteiger partial charge in [-0.25, -0.2) is 0 Å². The number of hydrogen-bond donors (Lipinski definition) is 3. The lowest BCUT2D eigenvalue weighted by Gasteiger charge is -2.20. The molecule has 0 aromatic heterocycles. The molecule has 2 atom stereocenters. The van der Waals surface area contributed by atoms with E-state index >= 15 is 0 Å². The van der Waals surface area contributed by atoms with Crippen LogP contribution < -0.4 is 15.5 Å². The summed E-state index contributed by atoms with van der Waals surface area (Å²) in [5, 5.41) is 16.7. The highest BCUT2D eigenvalue weighted by Crippen LogP contribution is 2.23. The number of nitrogens with one attached hydrogen (secondary N) is 2. The van der Waals surface area contributed by atoms with E-state index in [-0.39, 0.29) is 36.5 Å². The molecule has 2 rings (SSSR count). The molecule has 1 aromatic rings. The molecule has 1 heterocycles. The van der Waals surface area contributed by atoms with Gasteiger partial charge in [-0.3, -0.25) is 4.99 Å². The topological polar surface area (TPSA) is 59.9 Å². The largest absolute Gasteiger partial charge is 0.396 e. The van der Waals surface area contributed by atoms with E-state index in [1.807, 2.05) is 25.1 Å². The van der Waals surface area contributed by atoms with E-state index in [0.29, 0.717) is 12.6 Å². The van der Waals surface area contributed by atoms with Gasteiger partial charge in [0.25, 0.3) is 0 Å². The predicted molar refractivity (Wildman–Crippen MR) is 113 cm³/mol. The molecule has 3 N–H and O–H groups in total. The first-order valence-corrected chi connectivity index (χ1v) is 8.66.